The molecule has 0 saturated heterocycles. The number of phenolic OH excluding ortho intramolecular Hbond substituents is 2. The number of hydrogen-bond donors (Lipinski definition) is 4. The number of aliphatic hydroxyl groups is 1. The van der Waals surface area contributed by atoms with Gasteiger partial charge in [-0.25, -0.2) is 9.59 Å². The predicted molar refractivity (Wildman–Crippen MR) is 87.6 cm³/mol. The monoisotopic (exact) mass is 362 g/mol. The molecule has 0 aliphatic carbocycles. The number of rotatable bonds is 3. The Bertz CT molecular complexity index is 1000. The van der Waals surface area contributed by atoms with Gasteiger partial charge in [0.05, 0.1) is 12.7 Å². The molecule has 0 saturated carbocycles. The van der Waals surface area contributed by atoms with E-state index in [1.165, 1.54) is 12.1 Å². The smallest absolute Gasteiger partial charge is 0.348 e. The lowest BCUT2D eigenvalue weighted by Gasteiger charge is -2.27. The van der Waals surface area contributed by atoms with Crippen LogP contribution in [0.4, 0.5) is 0 Å². The minimum Gasteiger partial charge on any atom is -0.504 e. The van der Waals surface area contributed by atoms with E-state index in [1.54, 1.807) is 13.0 Å². The van der Waals surface area contributed by atoms with E-state index in [4.69, 9.17) is 13.9 Å². The summed E-state index contributed by atoms with van der Waals surface area (Å²) in [6.45, 7) is 1.69. The molecule has 26 heavy (non-hydrogen) atoms. The average molecular weight is 362 g/mol. The third-order valence-electron chi connectivity index (χ3n) is 3.86. The topological polar surface area (TPSA) is 147 Å². The van der Waals surface area contributed by atoms with Crippen LogP contribution in [0, 0.1) is 0 Å². The third-order valence-corrected chi connectivity index (χ3v) is 3.86. The fourth-order valence-electron chi connectivity index (χ4n) is 2.86. The van der Waals surface area contributed by atoms with Crippen LogP contribution in [0.15, 0.2) is 21.4 Å². The zero-order valence-electron chi connectivity index (χ0n) is 13.6. The molecular weight excluding hydrogens is 348 g/mol. The van der Waals surface area contributed by atoms with Crippen LogP contribution in [0.3, 0.4) is 0 Å². The second kappa shape index (κ2) is 6.12. The van der Waals surface area contributed by atoms with Crippen molar-refractivity contribution in [2.24, 2.45) is 0 Å². The minimum absolute atomic E-state index is 0.127. The summed E-state index contributed by atoms with van der Waals surface area (Å²) in [5.41, 5.74) is -2.73. The fourth-order valence-corrected chi connectivity index (χ4v) is 2.86. The maximum atomic E-state index is 12.4. The molecule has 0 spiro atoms. The van der Waals surface area contributed by atoms with E-state index >= 15 is 0 Å². The molecule has 1 aromatic heterocycles. The highest BCUT2D eigenvalue weighted by Gasteiger charge is 2.39. The number of ether oxygens (including phenoxy) is 2. The van der Waals surface area contributed by atoms with Crippen molar-refractivity contribution in [2.45, 2.75) is 13.2 Å². The summed E-state index contributed by atoms with van der Waals surface area (Å²) in [6.07, 6.45) is 1.25. The summed E-state index contributed by atoms with van der Waals surface area (Å²) in [5, 5.41) is 40.2. The van der Waals surface area contributed by atoms with Crippen LogP contribution in [0.25, 0.3) is 17.2 Å². The summed E-state index contributed by atoms with van der Waals surface area (Å²) in [7, 11) is 1.08. The molecule has 136 valence electrons. The molecule has 2 aromatic rings. The number of benzene rings is 1. The Labute approximate surface area is 146 Å². The number of aromatic carboxylic acids is 1. The number of fused-ring (bicyclic) bond motifs is 3. The first kappa shape index (κ1) is 17.4. The van der Waals surface area contributed by atoms with Gasteiger partial charge in [-0.05, 0) is 13.0 Å². The summed E-state index contributed by atoms with van der Waals surface area (Å²) < 4.78 is 15.2. The highest BCUT2D eigenvalue weighted by molar-refractivity contribution is 6.00. The number of carboxylic acids is 1. The molecule has 2 heterocycles. The molecule has 0 unspecified atom stereocenters. The minimum atomic E-state index is -1.83. The Balaban J connectivity index is 2.48. The van der Waals surface area contributed by atoms with Gasteiger partial charge in [-0.2, -0.15) is 0 Å². The number of aliphatic hydroxyl groups excluding tert-OH is 1. The Morgan fingerprint density at radius 3 is 2.54 bits per heavy atom. The first-order chi connectivity index (χ1) is 12.3. The van der Waals surface area contributed by atoms with Crippen LogP contribution < -0.4 is 15.1 Å². The lowest BCUT2D eigenvalue weighted by atomic mass is 9.90. The Morgan fingerprint density at radius 2 is 1.96 bits per heavy atom. The number of methoxy groups -OCH3 is 1. The van der Waals surface area contributed by atoms with E-state index in [2.05, 4.69) is 0 Å². The fraction of sp³-hybridized carbons (Fsp3) is 0.176. The molecule has 0 amide bonds. The van der Waals surface area contributed by atoms with Crippen molar-refractivity contribution >= 4 is 12.0 Å². The molecule has 9 nitrogen and oxygen atoms in total. The van der Waals surface area contributed by atoms with Crippen LogP contribution in [-0.4, -0.2) is 33.5 Å². The standard InChI is InChI=1S/C17H14O9/c1-3-4-6-5-7-8(16(22)25-6)9-10(17(23)26-7)11(15(20)21)14(24-2)13(19)12(9)18/h3-5,17-19,23H,1-2H3,(H,20,21)/b4-3+/t17-/m0/s1. The third kappa shape index (κ3) is 2.37. The Kier molecular flexibility index (Phi) is 4.09. The predicted octanol–water partition coefficient (Wildman–Crippen LogP) is 1.84. The molecule has 1 atom stereocenters. The SMILES string of the molecule is C/C=C/c1cc2c(c(=O)o1)-c1c(O)c(O)c(OC)c(C(=O)O)c1[C@@H](O)O2. The lowest BCUT2D eigenvalue weighted by Crippen LogP contribution is -2.22. The van der Waals surface area contributed by atoms with Gasteiger partial charge in [0.15, 0.2) is 11.5 Å². The first-order valence-electron chi connectivity index (χ1n) is 7.36. The molecule has 1 aromatic carbocycles. The number of hydrogen-bond acceptors (Lipinski definition) is 8. The molecule has 1 aliphatic heterocycles. The number of phenols is 2. The summed E-state index contributed by atoms with van der Waals surface area (Å²) >= 11 is 0. The van der Waals surface area contributed by atoms with Crippen LogP contribution in [0.2, 0.25) is 0 Å². The van der Waals surface area contributed by atoms with Gasteiger partial charge in [0.1, 0.15) is 22.6 Å². The highest BCUT2D eigenvalue weighted by atomic mass is 16.6. The summed E-state index contributed by atoms with van der Waals surface area (Å²) in [4.78, 5) is 24.0. The van der Waals surface area contributed by atoms with Gasteiger partial charge in [-0.15, -0.1) is 0 Å². The number of allylic oxidation sites excluding steroid dienone is 1. The number of aromatic hydroxyl groups is 2. The van der Waals surface area contributed by atoms with Gasteiger partial charge >= 0.3 is 11.6 Å². The van der Waals surface area contributed by atoms with Crippen molar-refractivity contribution in [3.63, 3.8) is 0 Å². The van der Waals surface area contributed by atoms with Crippen molar-refractivity contribution < 1.29 is 39.1 Å². The van der Waals surface area contributed by atoms with E-state index in [1.807, 2.05) is 0 Å². The molecule has 3 rings (SSSR count). The van der Waals surface area contributed by atoms with Crippen LogP contribution in [0.5, 0.6) is 23.0 Å². The summed E-state index contributed by atoms with van der Waals surface area (Å²) in [6, 6.07) is 1.30. The lowest BCUT2D eigenvalue weighted by molar-refractivity contribution is -0.0232. The van der Waals surface area contributed by atoms with Crippen LogP contribution in [0.1, 0.15) is 34.9 Å². The van der Waals surface area contributed by atoms with Gasteiger partial charge in [-0.1, -0.05) is 6.08 Å². The molecule has 0 bridgehead atoms. The van der Waals surface area contributed by atoms with Gasteiger partial charge in [0.25, 0.3) is 0 Å². The maximum Gasteiger partial charge on any atom is 0.348 e. The Hall–Kier alpha value is -3.46. The van der Waals surface area contributed by atoms with Crippen molar-refractivity contribution in [3.8, 4) is 34.1 Å². The largest absolute Gasteiger partial charge is 0.504 e. The van der Waals surface area contributed by atoms with E-state index < -0.39 is 51.8 Å². The molecule has 9 heteroatoms. The molecule has 1 aliphatic rings. The first-order valence-corrected chi connectivity index (χ1v) is 7.36. The van der Waals surface area contributed by atoms with Crippen LogP contribution in [-0.2, 0) is 0 Å². The molecule has 0 radical (unpaired) electrons. The van der Waals surface area contributed by atoms with Gasteiger partial charge in [0.2, 0.25) is 12.0 Å². The quantitative estimate of drug-likeness (QED) is 0.600. The molecule has 4 N–H and O–H groups in total. The van der Waals surface area contributed by atoms with Crippen molar-refractivity contribution in [1.29, 1.82) is 0 Å². The second-order valence-corrected chi connectivity index (χ2v) is 5.34. The number of carbonyl (C=O) groups is 1. The van der Waals surface area contributed by atoms with Gasteiger partial charge in [0, 0.05) is 11.6 Å². The maximum absolute atomic E-state index is 12.4. The van der Waals surface area contributed by atoms with E-state index in [9.17, 15) is 30.0 Å². The van der Waals surface area contributed by atoms with Gasteiger partial charge < -0.3 is 34.3 Å². The second-order valence-electron chi connectivity index (χ2n) is 5.34. The highest BCUT2D eigenvalue weighted by Crippen LogP contribution is 2.53. The van der Waals surface area contributed by atoms with E-state index in [0.29, 0.717) is 0 Å². The van der Waals surface area contributed by atoms with Crippen molar-refractivity contribution in [2.75, 3.05) is 7.11 Å². The van der Waals surface area contributed by atoms with Crippen molar-refractivity contribution in [3.05, 3.63) is 39.4 Å². The zero-order chi connectivity index (χ0) is 19.2. The average Bonchev–Trinajstić information content (AvgIpc) is 2.57. The summed E-state index contributed by atoms with van der Waals surface area (Å²) in [5.74, 6) is -3.87. The van der Waals surface area contributed by atoms with Gasteiger partial charge in [-0.3, -0.25) is 0 Å². The number of carboxylic acid groups (broad SMARTS) is 1. The molecule has 0 fully saturated rings. The van der Waals surface area contributed by atoms with E-state index in [0.717, 1.165) is 7.11 Å². The van der Waals surface area contributed by atoms with Crippen LogP contribution >= 0.6 is 0 Å². The normalized spacial score (nSPS) is 15.3. The molecular formula is C17H14O9. The Morgan fingerprint density at radius 1 is 1.27 bits per heavy atom. The van der Waals surface area contributed by atoms with E-state index in [-0.39, 0.29) is 17.1 Å². The zero-order valence-corrected chi connectivity index (χ0v) is 13.6. The van der Waals surface area contributed by atoms with Crippen molar-refractivity contribution in [1.82, 2.24) is 0 Å².